The lowest BCUT2D eigenvalue weighted by Gasteiger charge is -2.31. The van der Waals surface area contributed by atoms with Crippen LogP contribution in [-0.4, -0.2) is 36.8 Å². The van der Waals surface area contributed by atoms with Gasteiger partial charge < -0.3 is 10.6 Å². The maximum Gasteiger partial charge on any atom is 0.434 e. The van der Waals surface area contributed by atoms with Gasteiger partial charge >= 0.3 is 12.4 Å². The molecule has 12 heteroatoms. The van der Waals surface area contributed by atoms with Crippen LogP contribution in [0.1, 0.15) is 36.4 Å². The molecule has 1 aromatic rings. The zero-order chi connectivity index (χ0) is 19.4. The van der Waals surface area contributed by atoms with Gasteiger partial charge in [0.1, 0.15) is 0 Å². The Hall–Kier alpha value is -0.790. The molecule has 0 radical (unpaired) electrons. The van der Waals surface area contributed by atoms with Crippen LogP contribution in [0.3, 0.4) is 0 Å². The molecule has 0 amide bonds. The summed E-state index contributed by atoms with van der Waals surface area (Å²) in [6.07, 6.45) is -7.16. The number of alkyl halides is 6. The summed E-state index contributed by atoms with van der Waals surface area (Å²) in [7, 11) is 1.49. The molecule has 2 N–H and O–H groups in total. The first-order chi connectivity index (χ1) is 12.1. The van der Waals surface area contributed by atoms with E-state index in [9.17, 15) is 26.3 Å². The fraction of sp³-hybridized carbons (Fsp3) is 0.733. The molecule has 27 heavy (non-hydrogen) atoms. The smallest absolute Gasteiger partial charge is 0.356 e. The molecule has 2 atom stereocenters. The third kappa shape index (κ3) is 7.62. The Bertz CT molecular complexity index is 616. The van der Waals surface area contributed by atoms with E-state index < -0.39 is 24.0 Å². The third-order valence-corrected chi connectivity index (χ3v) is 5.08. The molecule has 0 spiro atoms. The second-order valence-corrected chi connectivity index (χ2v) is 7.06. The zero-order valence-electron chi connectivity index (χ0n) is 14.5. The van der Waals surface area contributed by atoms with Crippen LogP contribution >= 0.6 is 35.3 Å². The predicted molar refractivity (Wildman–Crippen MR) is 103 cm³/mol. The lowest BCUT2D eigenvalue weighted by Crippen LogP contribution is -2.47. The standard InChI is InChI=1S/C15H20F6N4S.HI/c1-22-13(24-10-4-2-3-9(7-10)14(16,17)18)23-6-5-12-25-11(8-26-12)15(19,20)21;/h8-10H,2-7H2,1H3,(H2,22,23,24);1H. The Morgan fingerprint density at radius 1 is 1.26 bits per heavy atom. The molecule has 1 fully saturated rings. The van der Waals surface area contributed by atoms with Gasteiger partial charge in [-0.1, -0.05) is 6.42 Å². The number of nitrogens with zero attached hydrogens (tertiary/aromatic N) is 2. The molecule has 2 unspecified atom stereocenters. The van der Waals surface area contributed by atoms with E-state index in [0.29, 0.717) is 23.8 Å². The summed E-state index contributed by atoms with van der Waals surface area (Å²) in [5.41, 5.74) is -0.916. The monoisotopic (exact) mass is 530 g/mol. The minimum atomic E-state index is -4.46. The van der Waals surface area contributed by atoms with E-state index in [-0.39, 0.29) is 55.8 Å². The van der Waals surface area contributed by atoms with Crippen LogP contribution in [-0.2, 0) is 12.6 Å². The zero-order valence-corrected chi connectivity index (χ0v) is 17.6. The van der Waals surface area contributed by atoms with Crippen molar-refractivity contribution in [2.75, 3.05) is 13.6 Å². The molecular weight excluding hydrogens is 509 g/mol. The number of halogens is 7. The fourth-order valence-electron chi connectivity index (χ4n) is 2.85. The Kier molecular flexibility index (Phi) is 9.09. The van der Waals surface area contributed by atoms with Gasteiger partial charge in [-0.3, -0.25) is 4.99 Å². The Labute approximate surface area is 174 Å². The van der Waals surface area contributed by atoms with Crippen LogP contribution in [0.15, 0.2) is 10.4 Å². The van der Waals surface area contributed by atoms with Crippen LogP contribution in [0.2, 0.25) is 0 Å². The van der Waals surface area contributed by atoms with E-state index in [1.807, 2.05) is 0 Å². The Morgan fingerprint density at radius 3 is 2.52 bits per heavy atom. The maximum atomic E-state index is 12.9. The van der Waals surface area contributed by atoms with E-state index in [0.717, 1.165) is 16.7 Å². The molecule has 0 bridgehead atoms. The summed E-state index contributed by atoms with van der Waals surface area (Å²) < 4.78 is 76.1. The lowest BCUT2D eigenvalue weighted by molar-refractivity contribution is -0.183. The van der Waals surface area contributed by atoms with Crippen molar-refractivity contribution in [3.05, 3.63) is 16.1 Å². The summed E-state index contributed by atoms with van der Waals surface area (Å²) >= 11 is 0.918. The molecule has 2 rings (SSSR count). The molecule has 1 aliphatic carbocycles. The van der Waals surface area contributed by atoms with Gasteiger partial charge in [-0.15, -0.1) is 35.3 Å². The second-order valence-electron chi connectivity index (χ2n) is 6.12. The Morgan fingerprint density at radius 2 is 1.96 bits per heavy atom. The van der Waals surface area contributed by atoms with Crippen LogP contribution in [0.5, 0.6) is 0 Å². The van der Waals surface area contributed by atoms with E-state index in [1.165, 1.54) is 7.05 Å². The van der Waals surface area contributed by atoms with Gasteiger partial charge in [0, 0.05) is 31.4 Å². The second kappa shape index (κ2) is 10.1. The molecule has 156 valence electrons. The van der Waals surface area contributed by atoms with Crippen molar-refractivity contribution in [2.24, 2.45) is 10.9 Å². The Balaban J connectivity index is 0.00000364. The number of rotatable bonds is 4. The van der Waals surface area contributed by atoms with Gasteiger partial charge in [-0.2, -0.15) is 26.3 Å². The summed E-state index contributed by atoms with van der Waals surface area (Å²) in [5, 5.41) is 7.16. The van der Waals surface area contributed by atoms with E-state index in [4.69, 9.17) is 0 Å². The minimum Gasteiger partial charge on any atom is -0.356 e. The SMILES string of the molecule is CN=C(NCCc1nc(C(F)(F)F)cs1)NC1CCCC(C(F)(F)F)C1.I. The predicted octanol–water partition coefficient (Wildman–Crippen LogP) is 4.61. The quantitative estimate of drug-likeness (QED) is 0.259. The van der Waals surface area contributed by atoms with Crippen molar-refractivity contribution in [3.63, 3.8) is 0 Å². The summed E-state index contributed by atoms with van der Waals surface area (Å²) in [4.78, 5) is 7.49. The number of aliphatic imine (C=N–C) groups is 1. The molecule has 1 saturated carbocycles. The molecule has 0 aromatic carbocycles. The molecule has 0 aliphatic heterocycles. The van der Waals surface area contributed by atoms with Gasteiger partial charge in [0.15, 0.2) is 11.7 Å². The fourth-order valence-corrected chi connectivity index (χ4v) is 3.65. The summed E-state index contributed by atoms with van der Waals surface area (Å²) in [6, 6.07) is -0.335. The van der Waals surface area contributed by atoms with Crippen molar-refractivity contribution in [3.8, 4) is 0 Å². The molecule has 1 heterocycles. The molecule has 1 aliphatic rings. The van der Waals surface area contributed by atoms with Crippen LogP contribution in [0.25, 0.3) is 0 Å². The number of thiazole rings is 1. The minimum absolute atomic E-state index is 0. The third-order valence-electron chi connectivity index (χ3n) is 4.18. The highest BCUT2D eigenvalue weighted by molar-refractivity contribution is 14.0. The normalized spacial score (nSPS) is 21.5. The van der Waals surface area contributed by atoms with Crippen molar-refractivity contribution >= 4 is 41.3 Å². The number of hydrogen-bond donors (Lipinski definition) is 2. The highest BCUT2D eigenvalue weighted by atomic mass is 127. The molecule has 4 nitrogen and oxygen atoms in total. The first-order valence-electron chi connectivity index (χ1n) is 8.15. The van der Waals surface area contributed by atoms with Crippen LogP contribution < -0.4 is 10.6 Å². The van der Waals surface area contributed by atoms with E-state index >= 15 is 0 Å². The first-order valence-corrected chi connectivity index (χ1v) is 9.03. The average Bonchev–Trinajstić information content (AvgIpc) is 3.02. The first kappa shape index (κ1) is 24.2. The number of hydrogen-bond acceptors (Lipinski definition) is 3. The summed E-state index contributed by atoms with van der Waals surface area (Å²) in [5.74, 6) is -0.978. The van der Waals surface area contributed by atoms with Crippen molar-refractivity contribution in [2.45, 2.75) is 50.5 Å². The lowest BCUT2D eigenvalue weighted by atomic mass is 9.85. The van der Waals surface area contributed by atoms with Gasteiger partial charge in [0.25, 0.3) is 0 Å². The molecule has 1 aromatic heterocycles. The maximum absolute atomic E-state index is 12.9. The van der Waals surface area contributed by atoms with E-state index in [2.05, 4.69) is 20.6 Å². The van der Waals surface area contributed by atoms with Gasteiger partial charge in [0.2, 0.25) is 0 Å². The van der Waals surface area contributed by atoms with Gasteiger partial charge in [-0.25, -0.2) is 4.98 Å². The summed E-state index contributed by atoms with van der Waals surface area (Å²) in [6.45, 7) is 0.278. The average molecular weight is 530 g/mol. The van der Waals surface area contributed by atoms with Gasteiger partial charge in [-0.05, 0) is 19.3 Å². The van der Waals surface area contributed by atoms with Crippen LogP contribution in [0.4, 0.5) is 26.3 Å². The number of nitrogens with one attached hydrogen (secondary N) is 2. The molecule has 0 saturated heterocycles. The topological polar surface area (TPSA) is 49.3 Å². The number of aromatic nitrogens is 1. The number of guanidine groups is 1. The highest BCUT2D eigenvalue weighted by Crippen LogP contribution is 2.37. The van der Waals surface area contributed by atoms with Gasteiger partial charge in [0.05, 0.1) is 10.9 Å². The largest absolute Gasteiger partial charge is 0.434 e. The van der Waals surface area contributed by atoms with Crippen LogP contribution in [0, 0.1) is 5.92 Å². The molecular formula is C15H21F6IN4S. The van der Waals surface area contributed by atoms with E-state index in [1.54, 1.807) is 0 Å². The van der Waals surface area contributed by atoms with Crippen molar-refractivity contribution < 1.29 is 26.3 Å². The van der Waals surface area contributed by atoms with Crippen molar-refractivity contribution in [1.82, 2.24) is 15.6 Å². The van der Waals surface area contributed by atoms with Crippen molar-refractivity contribution in [1.29, 1.82) is 0 Å². The highest BCUT2D eigenvalue weighted by Gasteiger charge is 2.42.